The fourth-order valence-electron chi connectivity index (χ4n) is 3.24. The Kier molecular flexibility index (Phi) is 4.27. The molecule has 0 aromatic carbocycles. The van der Waals surface area contributed by atoms with Crippen LogP contribution < -0.4 is 10.2 Å². The van der Waals surface area contributed by atoms with E-state index in [1.54, 1.807) is 11.1 Å². The molecule has 2 saturated heterocycles. The Morgan fingerprint density at radius 1 is 1.18 bits per heavy atom. The highest BCUT2D eigenvalue weighted by Gasteiger charge is 2.32. The fourth-order valence-corrected chi connectivity index (χ4v) is 3.24. The normalized spacial score (nSPS) is 21.2. The van der Waals surface area contributed by atoms with Gasteiger partial charge in [-0.15, -0.1) is 0 Å². The van der Waals surface area contributed by atoms with Crippen LogP contribution >= 0.6 is 0 Å². The zero-order valence-electron chi connectivity index (χ0n) is 12.9. The minimum atomic E-state index is -0.351. The third-order valence-electron chi connectivity index (χ3n) is 4.41. The van der Waals surface area contributed by atoms with Crippen molar-refractivity contribution in [2.45, 2.75) is 38.6 Å². The van der Waals surface area contributed by atoms with E-state index in [1.165, 1.54) is 19.8 Å². The van der Waals surface area contributed by atoms with Crippen molar-refractivity contribution in [2.24, 2.45) is 0 Å². The Hall–Kier alpha value is -2.11. The first-order valence-electron chi connectivity index (χ1n) is 7.94. The first-order chi connectivity index (χ1) is 10.6. The first-order valence-corrected chi connectivity index (χ1v) is 7.94. The molecule has 6 heteroatoms. The third kappa shape index (κ3) is 3.05. The van der Waals surface area contributed by atoms with Crippen LogP contribution in [-0.4, -0.2) is 47.4 Å². The molecule has 1 atom stereocenters. The number of nitrogens with one attached hydrogen (secondary N) is 1. The Labute approximate surface area is 130 Å². The molecule has 0 bridgehead atoms. The van der Waals surface area contributed by atoms with Gasteiger partial charge in [0.1, 0.15) is 11.9 Å². The van der Waals surface area contributed by atoms with Gasteiger partial charge in [0.25, 0.3) is 0 Å². The predicted octanol–water partition coefficient (Wildman–Crippen LogP) is 1.63. The van der Waals surface area contributed by atoms with E-state index in [9.17, 15) is 9.59 Å². The second-order valence-electron chi connectivity index (χ2n) is 5.96. The number of hydrogen-bond donors (Lipinski definition) is 1. The number of carbonyl (C=O) groups is 2. The van der Waals surface area contributed by atoms with Crippen molar-refractivity contribution < 1.29 is 9.59 Å². The van der Waals surface area contributed by atoms with E-state index in [4.69, 9.17) is 0 Å². The summed E-state index contributed by atoms with van der Waals surface area (Å²) >= 11 is 0. The number of carbonyl (C=O) groups excluding carboxylic acids is 2. The van der Waals surface area contributed by atoms with Gasteiger partial charge in [-0.25, -0.2) is 4.98 Å². The average Bonchev–Trinajstić information content (AvgIpc) is 3.19. The molecule has 0 radical (unpaired) electrons. The molecule has 2 aliphatic heterocycles. The van der Waals surface area contributed by atoms with Crippen LogP contribution in [0.4, 0.5) is 11.5 Å². The van der Waals surface area contributed by atoms with Crippen LogP contribution in [0.2, 0.25) is 0 Å². The van der Waals surface area contributed by atoms with Crippen molar-refractivity contribution in [1.29, 1.82) is 0 Å². The van der Waals surface area contributed by atoms with Crippen molar-refractivity contribution >= 4 is 23.3 Å². The molecule has 3 heterocycles. The Bertz CT molecular complexity index is 552. The minimum absolute atomic E-state index is 0.0415. The van der Waals surface area contributed by atoms with Crippen LogP contribution in [0.3, 0.4) is 0 Å². The SMILES string of the molecule is CC(=O)N1CCC[C@@H]1C(=O)Nc1ccc(N2CCCC2)nc1. The zero-order chi connectivity index (χ0) is 15.5. The first kappa shape index (κ1) is 14.8. The van der Waals surface area contributed by atoms with Gasteiger partial charge in [0.15, 0.2) is 0 Å². The monoisotopic (exact) mass is 302 g/mol. The highest BCUT2D eigenvalue weighted by molar-refractivity contribution is 5.97. The van der Waals surface area contributed by atoms with Gasteiger partial charge < -0.3 is 15.1 Å². The summed E-state index contributed by atoms with van der Waals surface area (Å²) in [6.45, 7) is 4.28. The Balaban J connectivity index is 1.62. The molecule has 1 aromatic heterocycles. The maximum atomic E-state index is 12.3. The van der Waals surface area contributed by atoms with Crippen molar-refractivity contribution in [3.05, 3.63) is 18.3 Å². The van der Waals surface area contributed by atoms with Gasteiger partial charge in [0, 0.05) is 26.6 Å². The van der Waals surface area contributed by atoms with Gasteiger partial charge in [-0.1, -0.05) is 0 Å². The summed E-state index contributed by atoms with van der Waals surface area (Å²) in [5.74, 6) is 0.797. The lowest BCUT2D eigenvalue weighted by atomic mass is 10.2. The second kappa shape index (κ2) is 6.34. The molecule has 0 aliphatic carbocycles. The van der Waals surface area contributed by atoms with Crippen molar-refractivity contribution in [2.75, 3.05) is 29.9 Å². The molecule has 6 nitrogen and oxygen atoms in total. The van der Waals surface area contributed by atoms with Gasteiger partial charge in [-0.2, -0.15) is 0 Å². The van der Waals surface area contributed by atoms with Gasteiger partial charge in [0.2, 0.25) is 11.8 Å². The summed E-state index contributed by atoms with van der Waals surface area (Å²) in [6.07, 6.45) is 5.72. The molecule has 2 fully saturated rings. The van der Waals surface area contributed by atoms with Crippen LogP contribution in [0.25, 0.3) is 0 Å². The van der Waals surface area contributed by atoms with Gasteiger partial charge in [-0.05, 0) is 37.8 Å². The van der Waals surface area contributed by atoms with Gasteiger partial charge in [0.05, 0.1) is 11.9 Å². The number of likely N-dealkylation sites (tertiary alicyclic amines) is 1. The topological polar surface area (TPSA) is 65.5 Å². The Morgan fingerprint density at radius 2 is 1.95 bits per heavy atom. The number of hydrogen-bond acceptors (Lipinski definition) is 4. The molecule has 0 unspecified atom stereocenters. The number of amides is 2. The van der Waals surface area contributed by atoms with Crippen LogP contribution in [0.1, 0.15) is 32.6 Å². The zero-order valence-corrected chi connectivity index (χ0v) is 12.9. The molecule has 1 aromatic rings. The van der Waals surface area contributed by atoms with E-state index in [2.05, 4.69) is 15.2 Å². The molecule has 3 rings (SSSR count). The third-order valence-corrected chi connectivity index (χ3v) is 4.41. The largest absolute Gasteiger partial charge is 0.357 e. The second-order valence-corrected chi connectivity index (χ2v) is 5.96. The number of aromatic nitrogens is 1. The van der Waals surface area contributed by atoms with Crippen LogP contribution in [0, 0.1) is 0 Å². The molecule has 2 aliphatic rings. The lowest BCUT2D eigenvalue weighted by Crippen LogP contribution is -2.42. The summed E-state index contributed by atoms with van der Waals surface area (Å²) in [4.78, 5) is 32.2. The molecule has 0 spiro atoms. The molecule has 118 valence electrons. The van der Waals surface area contributed by atoms with Crippen molar-refractivity contribution in [1.82, 2.24) is 9.88 Å². The van der Waals surface area contributed by atoms with E-state index in [0.29, 0.717) is 12.2 Å². The summed E-state index contributed by atoms with van der Waals surface area (Å²) in [5.41, 5.74) is 0.684. The van der Waals surface area contributed by atoms with Gasteiger partial charge in [-0.3, -0.25) is 9.59 Å². The lowest BCUT2D eigenvalue weighted by Gasteiger charge is -2.22. The maximum Gasteiger partial charge on any atom is 0.247 e. The minimum Gasteiger partial charge on any atom is -0.357 e. The highest BCUT2D eigenvalue weighted by atomic mass is 16.2. The van der Waals surface area contributed by atoms with E-state index in [1.807, 2.05) is 12.1 Å². The molecule has 2 amide bonds. The van der Waals surface area contributed by atoms with Crippen molar-refractivity contribution in [3.63, 3.8) is 0 Å². The smallest absolute Gasteiger partial charge is 0.247 e. The predicted molar refractivity (Wildman–Crippen MR) is 84.7 cm³/mol. The lowest BCUT2D eigenvalue weighted by molar-refractivity contribution is -0.134. The number of rotatable bonds is 3. The molecular formula is C16H22N4O2. The summed E-state index contributed by atoms with van der Waals surface area (Å²) in [6, 6.07) is 3.47. The van der Waals surface area contributed by atoms with E-state index in [0.717, 1.165) is 31.7 Å². The molecular weight excluding hydrogens is 280 g/mol. The van der Waals surface area contributed by atoms with E-state index < -0.39 is 0 Å². The molecule has 1 N–H and O–H groups in total. The standard InChI is InChI=1S/C16H22N4O2/c1-12(21)20-10-4-5-14(20)16(22)18-13-6-7-15(17-11-13)19-8-2-3-9-19/h6-7,11,14H,2-5,8-10H2,1H3,(H,18,22)/t14-/m1/s1. The van der Waals surface area contributed by atoms with Crippen molar-refractivity contribution in [3.8, 4) is 0 Å². The van der Waals surface area contributed by atoms with E-state index in [-0.39, 0.29) is 17.9 Å². The number of pyridine rings is 1. The molecule has 0 saturated carbocycles. The Morgan fingerprint density at radius 3 is 2.59 bits per heavy atom. The fraction of sp³-hybridized carbons (Fsp3) is 0.562. The molecule has 22 heavy (non-hydrogen) atoms. The average molecular weight is 302 g/mol. The summed E-state index contributed by atoms with van der Waals surface area (Å²) in [5, 5.41) is 2.87. The van der Waals surface area contributed by atoms with Crippen LogP contribution in [0.15, 0.2) is 18.3 Å². The van der Waals surface area contributed by atoms with Gasteiger partial charge >= 0.3 is 0 Å². The highest BCUT2D eigenvalue weighted by Crippen LogP contribution is 2.21. The number of nitrogens with zero attached hydrogens (tertiary/aromatic N) is 3. The van der Waals surface area contributed by atoms with Crippen LogP contribution in [0.5, 0.6) is 0 Å². The quantitative estimate of drug-likeness (QED) is 0.921. The maximum absolute atomic E-state index is 12.3. The summed E-state index contributed by atoms with van der Waals surface area (Å²) < 4.78 is 0. The number of anilines is 2. The van der Waals surface area contributed by atoms with Crippen LogP contribution in [-0.2, 0) is 9.59 Å². The summed E-state index contributed by atoms with van der Waals surface area (Å²) in [7, 11) is 0. The van der Waals surface area contributed by atoms with E-state index >= 15 is 0 Å².